The van der Waals surface area contributed by atoms with Gasteiger partial charge in [0.25, 0.3) is 0 Å². The van der Waals surface area contributed by atoms with Gasteiger partial charge < -0.3 is 16.0 Å². The summed E-state index contributed by atoms with van der Waals surface area (Å²) in [7, 11) is 1.99. The zero-order valence-electron chi connectivity index (χ0n) is 16.4. The van der Waals surface area contributed by atoms with Crippen molar-refractivity contribution >= 4 is 40.8 Å². The number of hydrogen-bond donors (Lipinski definition) is 2. The van der Waals surface area contributed by atoms with Crippen LogP contribution in [0.5, 0.6) is 0 Å². The number of hydrogen-bond acceptors (Lipinski definition) is 6. The summed E-state index contributed by atoms with van der Waals surface area (Å²) in [5.74, 6) is 0.770. The molecule has 4 aliphatic rings. The Kier molecular flexibility index (Phi) is 4.31. The highest BCUT2D eigenvalue weighted by Crippen LogP contribution is 2.44. The van der Waals surface area contributed by atoms with Gasteiger partial charge in [0.1, 0.15) is 10.8 Å². The van der Waals surface area contributed by atoms with Gasteiger partial charge in [-0.05, 0) is 24.8 Å². The first-order valence-corrected chi connectivity index (χ1v) is 10.5. The smallest absolute Gasteiger partial charge is 0.226 e. The van der Waals surface area contributed by atoms with Crippen LogP contribution >= 0.6 is 11.6 Å². The third kappa shape index (κ3) is 2.90. The van der Waals surface area contributed by atoms with E-state index < -0.39 is 0 Å². The largest absolute Gasteiger partial charge is 0.382 e. The molecule has 2 saturated heterocycles. The molecule has 3 aliphatic heterocycles. The lowest BCUT2D eigenvalue weighted by Gasteiger charge is -2.39. The number of nitrogens with one attached hydrogen (secondary N) is 1. The Labute approximate surface area is 175 Å². The standard InChI is InChI=1S/C21H25ClN6O/c1-27-16-3-2-13(10-14(16)11-26-27)15-12-25-19(23)17(22)18(15)28-8-5-21(6-9-28)4-7-24-20(21)29/h2-3,10-12,14,16H,4-9H2,1H3,(H2,23,25)(H,24,29). The van der Waals surface area contributed by atoms with E-state index in [4.69, 9.17) is 17.3 Å². The molecule has 1 aromatic heterocycles. The number of pyridine rings is 1. The van der Waals surface area contributed by atoms with Crippen molar-refractivity contribution in [2.75, 3.05) is 37.3 Å². The molecule has 0 bridgehead atoms. The second-order valence-electron chi connectivity index (χ2n) is 8.38. The Morgan fingerprint density at radius 2 is 2.10 bits per heavy atom. The van der Waals surface area contributed by atoms with Crippen LogP contribution in [0.1, 0.15) is 24.8 Å². The van der Waals surface area contributed by atoms with E-state index in [2.05, 4.69) is 38.5 Å². The molecule has 4 heterocycles. The van der Waals surface area contributed by atoms with Crippen LogP contribution < -0.4 is 16.0 Å². The number of likely N-dealkylation sites (N-methyl/N-ethyl adjacent to an activating group) is 1. The van der Waals surface area contributed by atoms with Crippen molar-refractivity contribution in [3.05, 3.63) is 35.0 Å². The van der Waals surface area contributed by atoms with Crippen molar-refractivity contribution in [3.8, 4) is 0 Å². The van der Waals surface area contributed by atoms with E-state index in [0.29, 0.717) is 10.8 Å². The van der Waals surface area contributed by atoms with Crippen LogP contribution in [0, 0.1) is 11.3 Å². The zero-order valence-corrected chi connectivity index (χ0v) is 17.2. The van der Waals surface area contributed by atoms with Crippen LogP contribution in [0.25, 0.3) is 5.57 Å². The summed E-state index contributed by atoms with van der Waals surface area (Å²) in [5, 5.41) is 9.86. The summed E-state index contributed by atoms with van der Waals surface area (Å²) in [5.41, 5.74) is 8.83. The van der Waals surface area contributed by atoms with Crippen molar-refractivity contribution in [3.63, 3.8) is 0 Å². The second-order valence-corrected chi connectivity index (χ2v) is 8.76. The Hall–Kier alpha value is -2.54. The number of aromatic nitrogens is 1. The monoisotopic (exact) mass is 412 g/mol. The predicted molar refractivity (Wildman–Crippen MR) is 116 cm³/mol. The summed E-state index contributed by atoms with van der Waals surface area (Å²) >= 11 is 6.67. The lowest BCUT2D eigenvalue weighted by Crippen LogP contribution is -2.44. The highest BCUT2D eigenvalue weighted by molar-refractivity contribution is 6.36. The number of carbonyl (C=O) groups is 1. The van der Waals surface area contributed by atoms with E-state index in [1.165, 1.54) is 0 Å². The van der Waals surface area contributed by atoms with Gasteiger partial charge in [-0.15, -0.1) is 0 Å². The van der Waals surface area contributed by atoms with Crippen LogP contribution in [0.3, 0.4) is 0 Å². The zero-order chi connectivity index (χ0) is 20.2. The molecule has 1 aromatic rings. The molecule has 152 valence electrons. The van der Waals surface area contributed by atoms with E-state index >= 15 is 0 Å². The predicted octanol–water partition coefficient (Wildman–Crippen LogP) is 2.29. The average Bonchev–Trinajstić information content (AvgIpc) is 3.27. The van der Waals surface area contributed by atoms with Gasteiger partial charge >= 0.3 is 0 Å². The molecule has 3 N–H and O–H groups in total. The number of fused-ring (bicyclic) bond motifs is 1. The molecule has 2 fully saturated rings. The summed E-state index contributed by atoms with van der Waals surface area (Å²) in [4.78, 5) is 18.9. The number of anilines is 2. The van der Waals surface area contributed by atoms with Crippen molar-refractivity contribution in [2.45, 2.75) is 25.3 Å². The number of carbonyl (C=O) groups excluding carboxylic acids is 1. The normalized spacial score (nSPS) is 27.4. The van der Waals surface area contributed by atoms with Gasteiger partial charge in [0.05, 0.1) is 17.1 Å². The van der Waals surface area contributed by atoms with Crippen LogP contribution in [0.15, 0.2) is 29.5 Å². The molecule has 1 spiro atoms. The molecule has 8 heteroatoms. The van der Waals surface area contributed by atoms with Crippen LogP contribution in [0.4, 0.5) is 11.5 Å². The number of nitrogens with two attached hydrogens (primary N) is 1. The van der Waals surface area contributed by atoms with E-state index in [9.17, 15) is 4.79 Å². The number of hydrazone groups is 1. The highest BCUT2D eigenvalue weighted by atomic mass is 35.5. The molecule has 29 heavy (non-hydrogen) atoms. The molecule has 1 aliphatic carbocycles. The first-order valence-electron chi connectivity index (χ1n) is 10.1. The second kappa shape index (κ2) is 6.76. The molecule has 2 unspecified atom stereocenters. The third-order valence-corrected chi connectivity index (χ3v) is 7.20. The molecule has 7 nitrogen and oxygen atoms in total. The van der Waals surface area contributed by atoms with Crippen LogP contribution in [0.2, 0.25) is 5.02 Å². The van der Waals surface area contributed by atoms with Gasteiger partial charge in [-0.3, -0.25) is 9.80 Å². The van der Waals surface area contributed by atoms with Crippen molar-refractivity contribution in [1.82, 2.24) is 15.3 Å². The number of rotatable bonds is 2. The fraction of sp³-hybridized carbons (Fsp3) is 0.476. The quantitative estimate of drug-likeness (QED) is 0.778. The van der Waals surface area contributed by atoms with E-state index in [-0.39, 0.29) is 23.3 Å². The van der Waals surface area contributed by atoms with Gasteiger partial charge in [0.15, 0.2) is 0 Å². The van der Waals surface area contributed by atoms with Crippen molar-refractivity contribution in [1.29, 1.82) is 0 Å². The van der Waals surface area contributed by atoms with Crippen molar-refractivity contribution < 1.29 is 4.79 Å². The molecular formula is C21H25ClN6O. The van der Waals surface area contributed by atoms with Gasteiger partial charge in [0.2, 0.25) is 5.91 Å². The lowest BCUT2D eigenvalue weighted by molar-refractivity contribution is -0.128. The molecule has 2 atom stereocenters. The van der Waals surface area contributed by atoms with Gasteiger partial charge in [0, 0.05) is 50.6 Å². The SMILES string of the molecule is CN1N=CC2C=C(c3cnc(N)c(Cl)c3N3CCC4(CCNC4=O)CC3)C=CC21. The van der Waals surface area contributed by atoms with E-state index in [0.717, 1.165) is 55.7 Å². The first-order chi connectivity index (χ1) is 14.0. The first kappa shape index (κ1) is 18.5. The Morgan fingerprint density at radius 3 is 2.83 bits per heavy atom. The number of piperidine rings is 1. The van der Waals surface area contributed by atoms with Crippen LogP contribution in [-0.2, 0) is 4.79 Å². The van der Waals surface area contributed by atoms with Gasteiger partial charge in [-0.25, -0.2) is 4.98 Å². The van der Waals surface area contributed by atoms with Gasteiger partial charge in [-0.2, -0.15) is 5.10 Å². The number of nitrogens with zero attached hydrogens (tertiary/aromatic N) is 4. The number of nitrogen functional groups attached to an aromatic ring is 1. The minimum Gasteiger partial charge on any atom is -0.382 e. The molecule has 5 rings (SSSR count). The van der Waals surface area contributed by atoms with Gasteiger partial charge in [-0.1, -0.05) is 29.8 Å². The molecular weight excluding hydrogens is 388 g/mol. The maximum absolute atomic E-state index is 12.3. The fourth-order valence-corrected chi connectivity index (χ4v) is 5.27. The maximum atomic E-state index is 12.3. The summed E-state index contributed by atoms with van der Waals surface area (Å²) in [6.45, 7) is 2.33. The molecule has 0 saturated carbocycles. The molecule has 0 aromatic carbocycles. The molecule has 0 radical (unpaired) electrons. The van der Waals surface area contributed by atoms with Crippen LogP contribution in [-0.4, -0.2) is 54.8 Å². The number of halogens is 1. The Morgan fingerprint density at radius 1 is 1.31 bits per heavy atom. The minimum atomic E-state index is -0.218. The Bertz CT molecular complexity index is 947. The number of allylic oxidation sites excluding steroid dienone is 2. The van der Waals surface area contributed by atoms with Crippen molar-refractivity contribution in [2.24, 2.45) is 16.4 Å². The Balaban J connectivity index is 1.47. The molecule has 1 amide bonds. The summed E-state index contributed by atoms with van der Waals surface area (Å²) in [6, 6.07) is 0.259. The topological polar surface area (TPSA) is 86.8 Å². The lowest BCUT2D eigenvalue weighted by atomic mass is 9.77. The number of amides is 1. The fourth-order valence-electron chi connectivity index (χ4n) is 5.00. The average molecular weight is 413 g/mol. The van der Waals surface area contributed by atoms with E-state index in [1.807, 2.05) is 24.5 Å². The summed E-state index contributed by atoms with van der Waals surface area (Å²) < 4.78 is 0. The maximum Gasteiger partial charge on any atom is 0.226 e. The summed E-state index contributed by atoms with van der Waals surface area (Å²) in [6.07, 6.45) is 12.9. The van der Waals surface area contributed by atoms with E-state index in [1.54, 1.807) is 0 Å². The minimum absolute atomic E-state index is 0.200. The third-order valence-electron chi connectivity index (χ3n) is 6.83. The highest BCUT2D eigenvalue weighted by Gasteiger charge is 2.45.